The van der Waals surface area contributed by atoms with Gasteiger partial charge in [-0.2, -0.15) is 0 Å². The average molecular weight is 338 g/mol. The Bertz CT molecular complexity index is 732. The van der Waals surface area contributed by atoms with Gasteiger partial charge in [-0.05, 0) is 49.1 Å². The number of fused-ring (bicyclic) bond motifs is 2. The Morgan fingerprint density at radius 2 is 2.08 bits per heavy atom. The largest absolute Gasteiger partial charge is 0.336 e. The Morgan fingerprint density at radius 3 is 2.84 bits per heavy atom. The highest BCUT2D eigenvalue weighted by molar-refractivity contribution is 5.74. The van der Waals surface area contributed by atoms with Crippen molar-refractivity contribution in [1.82, 2.24) is 19.8 Å². The third kappa shape index (κ3) is 3.03. The maximum Gasteiger partial charge on any atom is 0.317 e. The van der Waals surface area contributed by atoms with E-state index in [1.807, 2.05) is 15.7 Å². The molecule has 1 fully saturated rings. The third-order valence-corrected chi connectivity index (χ3v) is 6.05. The van der Waals surface area contributed by atoms with Crippen molar-refractivity contribution in [2.24, 2.45) is 0 Å². The summed E-state index contributed by atoms with van der Waals surface area (Å²) in [4.78, 5) is 18.5. The Morgan fingerprint density at radius 1 is 1.28 bits per heavy atom. The molecule has 5 heteroatoms. The number of piperidine rings is 1. The minimum atomic E-state index is 0.0631. The van der Waals surface area contributed by atoms with Crippen LogP contribution in [0.3, 0.4) is 0 Å². The van der Waals surface area contributed by atoms with E-state index in [2.05, 4.69) is 41.5 Å². The van der Waals surface area contributed by atoms with Crippen molar-refractivity contribution in [2.75, 3.05) is 19.6 Å². The number of imidazole rings is 1. The molecule has 1 aromatic carbocycles. The first kappa shape index (κ1) is 16.2. The second kappa shape index (κ2) is 6.54. The van der Waals surface area contributed by atoms with Crippen molar-refractivity contribution in [1.29, 1.82) is 0 Å². The van der Waals surface area contributed by atoms with Crippen LogP contribution in [0.25, 0.3) is 0 Å². The van der Waals surface area contributed by atoms with E-state index in [1.165, 1.54) is 24.0 Å². The number of carbonyl (C=O) groups excluding carboxylic acids is 1. The van der Waals surface area contributed by atoms with Crippen LogP contribution in [0.15, 0.2) is 43.0 Å². The summed E-state index contributed by atoms with van der Waals surface area (Å²) in [6.07, 6.45) is 10.1. The van der Waals surface area contributed by atoms with Crippen LogP contribution < -0.4 is 5.32 Å². The van der Waals surface area contributed by atoms with Crippen LogP contribution in [0.2, 0.25) is 0 Å². The van der Waals surface area contributed by atoms with E-state index in [4.69, 9.17) is 0 Å². The van der Waals surface area contributed by atoms with Crippen LogP contribution in [0.5, 0.6) is 0 Å². The van der Waals surface area contributed by atoms with Crippen LogP contribution in [-0.2, 0) is 11.8 Å². The number of hydrogen-bond acceptors (Lipinski definition) is 2. The summed E-state index contributed by atoms with van der Waals surface area (Å²) < 4.78 is 2.01. The molecule has 0 bridgehead atoms. The smallest absolute Gasteiger partial charge is 0.317 e. The number of hydrogen-bond donors (Lipinski definition) is 1. The lowest BCUT2D eigenvalue weighted by Crippen LogP contribution is -2.48. The lowest BCUT2D eigenvalue weighted by molar-refractivity contribution is 0.156. The second-order valence-electron chi connectivity index (χ2n) is 7.47. The van der Waals surface area contributed by atoms with Gasteiger partial charge in [-0.15, -0.1) is 0 Å². The number of likely N-dealkylation sites (tertiary alicyclic amines) is 1. The van der Waals surface area contributed by atoms with Gasteiger partial charge in [0.25, 0.3) is 0 Å². The normalized spacial score (nSPS) is 19.6. The summed E-state index contributed by atoms with van der Waals surface area (Å²) in [6, 6.07) is 9.13. The molecule has 1 spiro atoms. The minimum absolute atomic E-state index is 0.0631. The van der Waals surface area contributed by atoms with E-state index in [0.717, 1.165) is 25.9 Å². The van der Waals surface area contributed by atoms with Crippen LogP contribution in [0.4, 0.5) is 4.79 Å². The summed E-state index contributed by atoms with van der Waals surface area (Å²) in [5.41, 5.74) is 3.34. The van der Waals surface area contributed by atoms with Crippen molar-refractivity contribution < 1.29 is 4.79 Å². The molecule has 1 saturated heterocycles. The number of carbonyl (C=O) groups is 1. The van der Waals surface area contributed by atoms with Crippen LogP contribution in [-0.4, -0.2) is 40.1 Å². The fraction of sp³-hybridized carbons (Fsp3) is 0.500. The Balaban J connectivity index is 1.32. The molecule has 2 amide bonds. The molecule has 5 nitrogen and oxygen atoms in total. The van der Waals surface area contributed by atoms with E-state index >= 15 is 0 Å². The molecule has 1 N–H and O–H groups in total. The van der Waals surface area contributed by atoms with E-state index in [0.29, 0.717) is 12.0 Å². The number of nitrogens with one attached hydrogen (secondary N) is 1. The number of amides is 2. The molecule has 1 aliphatic heterocycles. The van der Waals surface area contributed by atoms with Gasteiger partial charge in [0.05, 0.1) is 6.33 Å². The quantitative estimate of drug-likeness (QED) is 0.935. The molecule has 25 heavy (non-hydrogen) atoms. The van der Waals surface area contributed by atoms with Gasteiger partial charge in [0.15, 0.2) is 0 Å². The molecule has 0 radical (unpaired) electrons. The van der Waals surface area contributed by atoms with E-state index in [-0.39, 0.29) is 12.1 Å². The predicted octanol–water partition coefficient (Wildman–Crippen LogP) is 3.13. The first-order chi connectivity index (χ1) is 12.2. The highest BCUT2D eigenvalue weighted by Gasteiger charge is 2.41. The zero-order chi connectivity index (χ0) is 17.3. The van der Waals surface area contributed by atoms with Gasteiger partial charge in [-0.3, -0.25) is 0 Å². The Kier molecular flexibility index (Phi) is 4.24. The molecule has 2 heterocycles. The fourth-order valence-corrected chi connectivity index (χ4v) is 4.40. The molecule has 2 aliphatic rings. The van der Waals surface area contributed by atoms with Gasteiger partial charge in [0.1, 0.15) is 0 Å². The maximum absolute atomic E-state index is 12.5. The van der Waals surface area contributed by atoms with Gasteiger partial charge in [-0.1, -0.05) is 24.3 Å². The van der Waals surface area contributed by atoms with E-state index in [9.17, 15) is 4.79 Å². The molecule has 0 unspecified atom stereocenters. The highest BCUT2D eigenvalue weighted by atomic mass is 16.2. The summed E-state index contributed by atoms with van der Waals surface area (Å²) in [5.74, 6) is 0. The van der Waals surface area contributed by atoms with Crippen LogP contribution >= 0.6 is 0 Å². The molecule has 132 valence electrons. The number of aromatic nitrogens is 2. The number of aryl methyl sites for hydroxylation is 1. The zero-order valence-electron chi connectivity index (χ0n) is 14.8. The second-order valence-corrected chi connectivity index (χ2v) is 7.47. The lowest BCUT2D eigenvalue weighted by atomic mass is 9.74. The van der Waals surface area contributed by atoms with Gasteiger partial charge >= 0.3 is 6.03 Å². The maximum atomic E-state index is 12.5. The summed E-state index contributed by atoms with van der Waals surface area (Å²) in [7, 11) is 0. The molecular weight excluding hydrogens is 312 g/mol. The molecule has 1 aliphatic carbocycles. The van der Waals surface area contributed by atoms with Crippen LogP contribution in [0, 0.1) is 0 Å². The van der Waals surface area contributed by atoms with Crippen molar-refractivity contribution in [3.8, 4) is 0 Å². The van der Waals surface area contributed by atoms with E-state index in [1.54, 1.807) is 12.5 Å². The topological polar surface area (TPSA) is 50.2 Å². The number of benzene rings is 1. The first-order valence-corrected chi connectivity index (χ1v) is 9.27. The predicted molar refractivity (Wildman–Crippen MR) is 97.6 cm³/mol. The summed E-state index contributed by atoms with van der Waals surface area (Å²) >= 11 is 0. The summed E-state index contributed by atoms with van der Waals surface area (Å²) in [6.45, 7) is 4.40. The molecule has 1 aromatic heterocycles. The van der Waals surface area contributed by atoms with Crippen molar-refractivity contribution >= 4 is 6.03 Å². The molecule has 1 atom stereocenters. The van der Waals surface area contributed by atoms with Gasteiger partial charge in [-0.25, -0.2) is 9.78 Å². The first-order valence-electron chi connectivity index (χ1n) is 9.27. The fourth-order valence-electron chi connectivity index (χ4n) is 4.40. The Hall–Kier alpha value is -2.30. The Labute approximate surface area is 149 Å². The van der Waals surface area contributed by atoms with Gasteiger partial charge in [0, 0.05) is 38.1 Å². The van der Waals surface area contributed by atoms with Gasteiger partial charge < -0.3 is 14.8 Å². The monoisotopic (exact) mass is 338 g/mol. The lowest BCUT2D eigenvalue weighted by Gasteiger charge is -2.40. The van der Waals surface area contributed by atoms with E-state index < -0.39 is 0 Å². The number of urea groups is 1. The highest BCUT2D eigenvalue weighted by Crippen LogP contribution is 2.46. The molecule has 4 rings (SSSR count). The van der Waals surface area contributed by atoms with Crippen LogP contribution in [0.1, 0.15) is 43.4 Å². The zero-order valence-corrected chi connectivity index (χ0v) is 14.8. The third-order valence-electron chi connectivity index (χ3n) is 6.05. The number of rotatable bonds is 3. The average Bonchev–Trinajstić information content (AvgIpc) is 3.30. The molecule has 2 aromatic rings. The van der Waals surface area contributed by atoms with Crippen molar-refractivity contribution in [2.45, 2.75) is 44.1 Å². The van der Waals surface area contributed by atoms with Gasteiger partial charge in [0.2, 0.25) is 0 Å². The molecule has 0 saturated carbocycles. The molecular formula is C20H26N4O. The number of nitrogens with zero attached hydrogens (tertiary/aromatic N) is 3. The van der Waals surface area contributed by atoms with Crippen molar-refractivity contribution in [3.05, 3.63) is 54.1 Å². The standard InChI is InChI=1S/C20H26N4O/c1-16(24-13-10-21-15-24)14-22-19(25)23-11-8-20(9-12-23)7-6-17-4-2-3-5-18(17)20/h2-5,10,13,15-16H,6-9,11-12,14H2,1H3,(H,22,25)/t16-/m0/s1. The summed E-state index contributed by atoms with van der Waals surface area (Å²) in [5, 5.41) is 3.08. The van der Waals surface area contributed by atoms with Crippen molar-refractivity contribution in [3.63, 3.8) is 0 Å². The SMILES string of the molecule is C[C@@H](CNC(=O)N1CCC2(CCc3ccccc32)CC1)n1ccnc1. The minimum Gasteiger partial charge on any atom is -0.336 e.